The Kier molecular flexibility index (Phi) is 4.74. The summed E-state index contributed by atoms with van der Waals surface area (Å²) in [6.45, 7) is 2.10. The first-order chi connectivity index (χ1) is 9.22. The first kappa shape index (κ1) is 13.8. The second-order valence-electron chi connectivity index (χ2n) is 4.82. The van der Waals surface area contributed by atoms with E-state index in [0.29, 0.717) is 31.4 Å². The molecule has 1 aliphatic rings. The van der Waals surface area contributed by atoms with Gasteiger partial charge in [0.2, 0.25) is 11.8 Å². The summed E-state index contributed by atoms with van der Waals surface area (Å²) in [6, 6.07) is 3.86. The summed E-state index contributed by atoms with van der Waals surface area (Å²) in [5, 5.41) is 0. The van der Waals surface area contributed by atoms with Crippen LogP contribution in [0, 0.1) is 5.92 Å². The fraction of sp³-hybridized carbons (Fsp3) is 0.571. The van der Waals surface area contributed by atoms with E-state index in [1.165, 1.54) is 0 Å². The Morgan fingerprint density at radius 3 is 2.89 bits per heavy atom. The van der Waals surface area contributed by atoms with Crippen molar-refractivity contribution in [2.24, 2.45) is 5.92 Å². The van der Waals surface area contributed by atoms with Crippen LogP contribution in [-0.4, -0.2) is 49.7 Å². The second kappa shape index (κ2) is 6.52. The van der Waals surface area contributed by atoms with E-state index in [0.717, 1.165) is 18.5 Å². The van der Waals surface area contributed by atoms with Crippen LogP contribution in [0.15, 0.2) is 18.3 Å². The third-order valence-corrected chi connectivity index (χ3v) is 3.39. The molecule has 0 spiro atoms. The highest BCUT2D eigenvalue weighted by molar-refractivity contribution is 5.78. The van der Waals surface area contributed by atoms with E-state index < -0.39 is 0 Å². The molecular weight excluding hydrogens is 244 g/mol. The third kappa shape index (κ3) is 3.67. The molecule has 1 fully saturated rings. The molecule has 2 heterocycles. The lowest BCUT2D eigenvalue weighted by Gasteiger charge is -2.15. The summed E-state index contributed by atoms with van der Waals surface area (Å²) in [4.78, 5) is 17.9. The van der Waals surface area contributed by atoms with E-state index in [2.05, 4.69) is 4.98 Å². The van der Waals surface area contributed by atoms with Gasteiger partial charge in [0.25, 0.3) is 0 Å². The summed E-state index contributed by atoms with van der Waals surface area (Å²) in [7, 11) is 3.26. The van der Waals surface area contributed by atoms with Crippen molar-refractivity contribution >= 4 is 5.91 Å². The lowest BCUT2D eigenvalue weighted by atomic mass is 10.00. The Bertz CT molecular complexity index is 419. The van der Waals surface area contributed by atoms with Crippen LogP contribution in [0.25, 0.3) is 0 Å². The Morgan fingerprint density at radius 2 is 2.26 bits per heavy atom. The molecule has 1 amide bonds. The number of carbonyl (C=O) groups excluding carboxylic acids is 1. The van der Waals surface area contributed by atoms with Gasteiger partial charge in [0.05, 0.1) is 13.7 Å². The largest absolute Gasteiger partial charge is 0.481 e. The molecule has 0 bridgehead atoms. The van der Waals surface area contributed by atoms with Gasteiger partial charge in [0.1, 0.15) is 0 Å². The lowest BCUT2D eigenvalue weighted by Crippen LogP contribution is -2.28. The van der Waals surface area contributed by atoms with Crippen molar-refractivity contribution in [3.63, 3.8) is 0 Å². The fourth-order valence-corrected chi connectivity index (χ4v) is 2.39. The van der Waals surface area contributed by atoms with E-state index in [4.69, 9.17) is 9.47 Å². The van der Waals surface area contributed by atoms with Crippen molar-refractivity contribution in [2.75, 3.05) is 33.9 Å². The monoisotopic (exact) mass is 264 g/mol. The summed E-state index contributed by atoms with van der Waals surface area (Å²) in [5.74, 6) is 1.22. The van der Waals surface area contributed by atoms with Gasteiger partial charge in [-0.15, -0.1) is 0 Å². The molecule has 1 aromatic heterocycles. The molecule has 0 saturated carbocycles. The van der Waals surface area contributed by atoms with Crippen LogP contribution < -0.4 is 4.74 Å². The maximum atomic E-state index is 11.8. The van der Waals surface area contributed by atoms with Gasteiger partial charge in [-0.05, 0) is 17.9 Å². The minimum Gasteiger partial charge on any atom is -0.481 e. The number of methoxy groups -OCH3 is 2. The van der Waals surface area contributed by atoms with Gasteiger partial charge < -0.3 is 14.4 Å². The average molecular weight is 264 g/mol. The zero-order valence-corrected chi connectivity index (χ0v) is 11.5. The number of amides is 1. The van der Waals surface area contributed by atoms with Gasteiger partial charge in [0.15, 0.2) is 0 Å². The van der Waals surface area contributed by atoms with Crippen molar-refractivity contribution in [3.8, 4) is 5.88 Å². The molecule has 1 saturated heterocycles. The molecular formula is C14H20N2O3. The number of carbonyl (C=O) groups is 1. The molecule has 19 heavy (non-hydrogen) atoms. The van der Waals surface area contributed by atoms with E-state index in [9.17, 15) is 4.79 Å². The number of nitrogens with zero attached hydrogens (tertiary/aromatic N) is 2. The average Bonchev–Trinajstić information content (AvgIpc) is 2.77. The molecule has 5 heteroatoms. The predicted molar refractivity (Wildman–Crippen MR) is 71.1 cm³/mol. The third-order valence-electron chi connectivity index (χ3n) is 3.39. The second-order valence-corrected chi connectivity index (χ2v) is 4.82. The highest BCUT2D eigenvalue weighted by Crippen LogP contribution is 2.22. The molecule has 1 aliphatic heterocycles. The minimum atomic E-state index is 0.225. The zero-order valence-electron chi connectivity index (χ0n) is 11.5. The number of aromatic nitrogens is 1. The standard InChI is InChI=1S/C14H20N2O3/c1-18-6-5-16-10-12(8-14(16)17)7-11-3-4-13(19-2)15-9-11/h3-4,9,12H,5-8,10H2,1-2H3/t12-/m0/s1. The van der Waals surface area contributed by atoms with Crippen molar-refractivity contribution < 1.29 is 14.3 Å². The Morgan fingerprint density at radius 1 is 1.42 bits per heavy atom. The first-order valence-electron chi connectivity index (χ1n) is 6.48. The van der Waals surface area contributed by atoms with E-state index in [1.54, 1.807) is 14.2 Å². The van der Waals surface area contributed by atoms with Crippen LogP contribution in [0.4, 0.5) is 0 Å². The van der Waals surface area contributed by atoms with E-state index in [-0.39, 0.29) is 5.91 Å². The number of hydrogen-bond donors (Lipinski definition) is 0. The molecule has 0 unspecified atom stereocenters. The summed E-state index contributed by atoms with van der Waals surface area (Å²) in [5.41, 5.74) is 1.15. The Hall–Kier alpha value is -1.62. The Balaban J connectivity index is 1.88. The molecule has 0 aliphatic carbocycles. The molecule has 104 valence electrons. The zero-order chi connectivity index (χ0) is 13.7. The van der Waals surface area contributed by atoms with Gasteiger partial charge in [-0.25, -0.2) is 4.98 Å². The van der Waals surface area contributed by atoms with Crippen LogP contribution >= 0.6 is 0 Å². The van der Waals surface area contributed by atoms with Gasteiger partial charge in [-0.1, -0.05) is 6.07 Å². The normalized spacial score (nSPS) is 18.9. The van der Waals surface area contributed by atoms with Gasteiger partial charge in [0, 0.05) is 38.9 Å². The predicted octanol–water partition coefficient (Wildman–Crippen LogP) is 1.13. The van der Waals surface area contributed by atoms with Crippen LogP contribution in [0.3, 0.4) is 0 Å². The molecule has 0 aromatic carbocycles. The van der Waals surface area contributed by atoms with Gasteiger partial charge >= 0.3 is 0 Å². The molecule has 1 atom stereocenters. The SMILES string of the molecule is COCCN1C[C@@H](Cc2ccc(OC)nc2)CC1=O. The summed E-state index contributed by atoms with van der Waals surface area (Å²) >= 11 is 0. The maximum absolute atomic E-state index is 11.8. The van der Waals surface area contributed by atoms with Gasteiger partial charge in [-0.2, -0.15) is 0 Å². The fourth-order valence-electron chi connectivity index (χ4n) is 2.39. The maximum Gasteiger partial charge on any atom is 0.223 e. The highest BCUT2D eigenvalue weighted by atomic mass is 16.5. The number of hydrogen-bond acceptors (Lipinski definition) is 4. The molecule has 5 nitrogen and oxygen atoms in total. The van der Waals surface area contributed by atoms with Crippen LogP contribution in [0.2, 0.25) is 0 Å². The number of rotatable bonds is 6. The van der Waals surface area contributed by atoms with Crippen molar-refractivity contribution in [3.05, 3.63) is 23.9 Å². The minimum absolute atomic E-state index is 0.225. The van der Waals surface area contributed by atoms with Crippen molar-refractivity contribution in [1.82, 2.24) is 9.88 Å². The first-order valence-corrected chi connectivity index (χ1v) is 6.48. The van der Waals surface area contributed by atoms with E-state index >= 15 is 0 Å². The molecule has 0 N–H and O–H groups in total. The van der Waals surface area contributed by atoms with E-state index in [1.807, 2.05) is 23.2 Å². The number of pyridine rings is 1. The summed E-state index contributed by atoms with van der Waals surface area (Å²) < 4.78 is 10.0. The summed E-state index contributed by atoms with van der Waals surface area (Å²) in [6.07, 6.45) is 3.32. The van der Waals surface area contributed by atoms with Crippen LogP contribution in [-0.2, 0) is 16.0 Å². The molecule has 0 radical (unpaired) electrons. The van der Waals surface area contributed by atoms with Crippen LogP contribution in [0.5, 0.6) is 5.88 Å². The quantitative estimate of drug-likeness (QED) is 0.773. The topological polar surface area (TPSA) is 51.7 Å². The van der Waals surface area contributed by atoms with Crippen molar-refractivity contribution in [1.29, 1.82) is 0 Å². The Labute approximate surface area is 113 Å². The van der Waals surface area contributed by atoms with Crippen LogP contribution in [0.1, 0.15) is 12.0 Å². The highest BCUT2D eigenvalue weighted by Gasteiger charge is 2.29. The van der Waals surface area contributed by atoms with Crippen molar-refractivity contribution in [2.45, 2.75) is 12.8 Å². The molecule has 1 aromatic rings. The number of ether oxygens (including phenoxy) is 2. The molecule has 2 rings (SSSR count). The lowest BCUT2D eigenvalue weighted by molar-refractivity contribution is -0.128. The van der Waals surface area contributed by atoms with Gasteiger partial charge in [-0.3, -0.25) is 4.79 Å². The number of likely N-dealkylation sites (tertiary alicyclic amines) is 1. The smallest absolute Gasteiger partial charge is 0.223 e.